The van der Waals surface area contributed by atoms with Gasteiger partial charge in [0.2, 0.25) is 0 Å². The van der Waals surface area contributed by atoms with Gasteiger partial charge in [-0.15, -0.1) is 0 Å². The number of aromatic amines is 1. The summed E-state index contributed by atoms with van der Waals surface area (Å²) in [5.74, 6) is 0.474. The zero-order valence-electron chi connectivity index (χ0n) is 20.9. The number of alkyl halides is 4. The van der Waals surface area contributed by atoms with Crippen molar-refractivity contribution in [2.24, 2.45) is 0 Å². The fourth-order valence-electron chi connectivity index (χ4n) is 5.31. The monoisotopic (exact) mass is 539 g/mol. The SMILES string of the molecule is N#Cc1c[nH]c2ncnc(N3CC[C@@H](c4nc(-c5ccnc(C(F)(F)F)c5)cn4CCN4CCC4)[C@@H](F)C3)c12. The Bertz CT molecular complexity index is 1530. The number of anilines is 1. The summed E-state index contributed by atoms with van der Waals surface area (Å²) < 4.78 is 57.6. The van der Waals surface area contributed by atoms with E-state index >= 15 is 4.39 Å². The van der Waals surface area contributed by atoms with Gasteiger partial charge in [0, 0.05) is 43.8 Å². The van der Waals surface area contributed by atoms with Crippen LogP contribution in [-0.2, 0) is 12.7 Å². The standard InChI is InChI=1S/C26H25F4N9/c27-19-13-38(25-22-17(11-31)12-33-23(22)34-15-35-25)7-3-18(19)24-36-20(14-39(24)9-8-37-5-1-6-37)16-2-4-32-21(10-16)26(28,29)30/h2,4,10,12,14-15,18-19H,1,3,5-9,13H2,(H,33,34,35)/t18-,19+/m1/s1. The average molecular weight is 540 g/mol. The molecule has 2 aliphatic heterocycles. The summed E-state index contributed by atoms with van der Waals surface area (Å²) in [6.45, 7) is 3.82. The Kier molecular flexibility index (Phi) is 6.42. The number of pyridine rings is 1. The molecule has 0 bridgehead atoms. The molecule has 39 heavy (non-hydrogen) atoms. The van der Waals surface area contributed by atoms with E-state index < -0.39 is 24.0 Å². The average Bonchev–Trinajstić information content (AvgIpc) is 3.52. The van der Waals surface area contributed by atoms with Crippen LogP contribution in [0, 0.1) is 11.3 Å². The number of nitrogens with one attached hydrogen (secondary N) is 1. The second-order valence-corrected chi connectivity index (χ2v) is 9.89. The lowest BCUT2D eigenvalue weighted by atomic mass is 9.93. The Hall–Kier alpha value is -4.05. The van der Waals surface area contributed by atoms with E-state index in [9.17, 15) is 18.4 Å². The Labute approximate surface area is 221 Å². The van der Waals surface area contributed by atoms with Gasteiger partial charge >= 0.3 is 6.18 Å². The smallest absolute Gasteiger partial charge is 0.353 e. The van der Waals surface area contributed by atoms with Gasteiger partial charge in [0.15, 0.2) is 0 Å². The molecule has 2 saturated heterocycles. The van der Waals surface area contributed by atoms with Crippen LogP contribution in [-0.4, -0.2) is 73.3 Å². The minimum absolute atomic E-state index is 0.0363. The van der Waals surface area contributed by atoms with Crippen LogP contribution in [0.15, 0.2) is 37.1 Å². The van der Waals surface area contributed by atoms with Gasteiger partial charge in [-0.1, -0.05) is 0 Å². The van der Waals surface area contributed by atoms with E-state index in [2.05, 4.69) is 35.9 Å². The maximum atomic E-state index is 15.9. The molecule has 4 aromatic heterocycles. The zero-order chi connectivity index (χ0) is 27.1. The van der Waals surface area contributed by atoms with Crippen molar-refractivity contribution < 1.29 is 17.6 Å². The number of nitriles is 1. The van der Waals surface area contributed by atoms with Crippen molar-refractivity contribution in [3.63, 3.8) is 0 Å². The van der Waals surface area contributed by atoms with Crippen molar-refractivity contribution in [3.8, 4) is 17.3 Å². The minimum atomic E-state index is -4.58. The molecule has 1 N–H and O–H groups in total. The molecule has 0 aromatic carbocycles. The molecule has 202 valence electrons. The first-order chi connectivity index (χ1) is 18.8. The van der Waals surface area contributed by atoms with Gasteiger partial charge in [-0.05, 0) is 38.1 Å². The predicted molar refractivity (Wildman–Crippen MR) is 135 cm³/mol. The summed E-state index contributed by atoms with van der Waals surface area (Å²) in [5, 5.41) is 10.0. The first kappa shape index (κ1) is 25.2. The summed E-state index contributed by atoms with van der Waals surface area (Å²) >= 11 is 0. The van der Waals surface area contributed by atoms with Crippen molar-refractivity contribution in [2.75, 3.05) is 37.6 Å². The number of hydrogen-bond donors (Lipinski definition) is 1. The third-order valence-electron chi connectivity index (χ3n) is 7.50. The topological polar surface area (TPSA) is 103 Å². The number of H-pyrrole nitrogens is 1. The Morgan fingerprint density at radius 3 is 2.69 bits per heavy atom. The van der Waals surface area contributed by atoms with E-state index in [-0.39, 0.29) is 12.1 Å². The number of imidazole rings is 1. The van der Waals surface area contributed by atoms with Gasteiger partial charge in [-0.3, -0.25) is 4.98 Å². The van der Waals surface area contributed by atoms with Crippen LogP contribution >= 0.6 is 0 Å². The van der Waals surface area contributed by atoms with Crippen LogP contribution in [0.25, 0.3) is 22.3 Å². The van der Waals surface area contributed by atoms with E-state index in [4.69, 9.17) is 0 Å². The quantitative estimate of drug-likeness (QED) is 0.368. The molecule has 0 unspecified atom stereocenters. The maximum Gasteiger partial charge on any atom is 0.433 e. The Morgan fingerprint density at radius 1 is 1.13 bits per heavy atom. The number of piperidine rings is 1. The van der Waals surface area contributed by atoms with Crippen LogP contribution in [0.3, 0.4) is 0 Å². The normalized spacial score (nSPS) is 20.2. The molecular formula is C26H25F4N9. The van der Waals surface area contributed by atoms with Crippen LogP contribution in [0.4, 0.5) is 23.4 Å². The van der Waals surface area contributed by atoms with Gasteiger partial charge in [0.25, 0.3) is 0 Å². The van der Waals surface area contributed by atoms with Crippen molar-refractivity contribution in [3.05, 3.63) is 54.1 Å². The van der Waals surface area contributed by atoms with Crippen LogP contribution in [0.1, 0.15) is 35.8 Å². The van der Waals surface area contributed by atoms with Gasteiger partial charge in [-0.2, -0.15) is 18.4 Å². The van der Waals surface area contributed by atoms with E-state index in [1.807, 2.05) is 9.47 Å². The molecule has 2 aliphatic rings. The van der Waals surface area contributed by atoms with Crippen LogP contribution in [0.5, 0.6) is 0 Å². The first-order valence-electron chi connectivity index (χ1n) is 12.8. The second kappa shape index (κ2) is 9.92. The van der Waals surface area contributed by atoms with E-state index in [0.717, 1.165) is 38.3 Å². The third kappa shape index (κ3) is 4.80. The van der Waals surface area contributed by atoms with Gasteiger partial charge in [-0.25, -0.2) is 19.3 Å². The summed E-state index contributed by atoms with van der Waals surface area (Å²) in [6, 6.07) is 4.59. The molecule has 6 heterocycles. The molecule has 0 saturated carbocycles. The van der Waals surface area contributed by atoms with E-state index in [0.29, 0.717) is 53.4 Å². The fourth-order valence-corrected chi connectivity index (χ4v) is 5.31. The molecule has 0 radical (unpaired) electrons. The molecule has 0 spiro atoms. The number of hydrogen-bond acceptors (Lipinski definition) is 7. The van der Waals surface area contributed by atoms with Gasteiger partial charge in [0.05, 0.1) is 29.1 Å². The largest absolute Gasteiger partial charge is 0.433 e. The highest BCUT2D eigenvalue weighted by molar-refractivity contribution is 5.92. The first-order valence-corrected chi connectivity index (χ1v) is 12.8. The summed E-state index contributed by atoms with van der Waals surface area (Å²) in [6.07, 6.45) is 1.44. The predicted octanol–water partition coefficient (Wildman–Crippen LogP) is 4.14. The Balaban J connectivity index is 1.29. The summed E-state index contributed by atoms with van der Waals surface area (Å²) in [4.78, 5) is 23.7. The highest BCUT2D eigenvalue weighted by Crippen LogP contribution is 2.36. The number of rotatable bonds is 6. The summed E-state index contributed by atoms with van der Waals surface area (Å²) in [7, 11) is 0. The third-order valence-corrected chi connectivity index (χ3v) is 7.50. The zero-order valence-corrected chi connectivity index (χ0v) is 20.9. The number of nitrogens with zero attached hydrogens (tertiary/aromatic N) is 8. The van der Waals surface area contributed by atoms with Crippen molar-refractivity contribution in [1.82, 2.24) is 34.4 Å². The van der Waals surface area contributed by atoms with Crippen LogP contribution in [0.2, 0.25) is 0 Å². The molecule has 6 rings (SSSR count). The maximum absolute atomic E-state index is 15.9. The van der Waals surface area contributed by atoms with Crippen molar-refractivity contribution >= 4 is 16.9 Å². The molecule has 13 heteroatoms. The second-order valence-electron chi connectivity index (χ2n) is 9.89. The minimum Gasteiger partial charge on any atom is -0.353 e. The molecule has 2 atom stereocenters. The molecular weight excluding hydrogens is 514 g/mol. The van der Waals surface area contributed by atoms with E-state index in [1.165, 1.54) is 12.4 Å². The molecule has 9 nitrogen and oxygen atoms in total. The van der Waals surface area contributed by atoms with Gasteiger partial charge in [0.1, 0.15) is 41.6 Å². The number of fused-ring (bicyclic) bond motifs is 1. The lowest BCUT2D eigenvalue weighted by molar-refractivity contribution is -0.141. The van der Waals surface area contributed by atoms with Crippen molar-refractivity contribution in [1.29, 1.82) is 5.26 Å². The summed E-state index contributed by atoms with van der Waals surface area (Å²) in [5.41, 5.74) is 0.551. The number of halogens is 4. The lowest BCUT2D eigenvalue weighted by Gasteiger charge is -2.36. The molecule has 0 amide bonds. The van der Waals surface area contributed by atoms with Gasteiger partial charge < -0.3 is 19.4 Å². The number of likely N-dealkylation sites (tertiary alicyclic amines) is 1. The number of aromatic nitrogens is 6. The fraction of sp³-hybridized carbons (Fsp3) is 0.423. The Morgan fingerprint density at radius 2 is 1.97 bits per heavy atom. The van der Waals surface area contributed by atoms with Crippen molar-refractivity contribution in [2.45, 2.75) is 37.7 Å². The lowest BCUT2D eigenvalue weighted by Crippen LogP contribution is -2.42. The molecule has 4 aromatic rings. The van der Waals surface area contributed by atoms with Crippen LogP contribution < -0.4 is 4.90 Å². The molecule has 0 aliphatic carbocycles. The van der Waals surface area contributed by atoms with E-state index in [1.54, 1.807) is 12.4 Å². The highest BCUT2D eigenvalue weighted by Gasteiger charge is 2.36. The highest BCUT2D eigenvalue weighted by atomic mass is 19.4. The molecule has 2 fully saturated rings.